The van der Waals surface area contributed by atoms with Gasteiger partial charge in [0.25, 0.3) is 0 Å². The molecule has 0 aliphatic rings. The van der Waals surface area contributed by atoms with Crippen LogP contribution in [-0.4, -0.2) is 38.8 Å². The van der Waals surface area contributed by atoms with E-state index in [-0.39, 0.29) is 12.3 Å². The minimum atomic E-state index is -0.356. The Labute approximate surface area is 119 Å². The summed E-state index contributed by atoms with van der Waals surface area (Å²) >= 11 is 5.23. The van der Waals surface area contributed by atoms with Crippen molar-refractivity contribution in [3.05, 3.63) is 24.3 Å². The Morgan fingerprint density at radius 1 is 1.21 bits per heavy atom. The van der Waals surface area contributed by atoms with Crippen LogP contribution in [0.2, 0.25) is 0 Å². The van der Waals surface area contributed by atoms with Crippen LogP contribution in [0.15, 0.2) is 24.3 Å². The quantitative estimate of drug-likeness (QED) is 0.615. The van der Waals surface area contributed by atoms with Crippen molar-refractivity contribution < 1.29 is 14.2 Å². The van der Waals surface area contributed by atoms with Gasteiger partial charge in [-0.2, -0.15) is 0 Å². The topological polar surface area (TPSA) is 51.8 Å². The zero-order chi connectivity index (χ0) is 14.3. The first-order valence-electron chi connectivity index (χ1n) is 5.88. The monoisotopic (exact) mass is 284 g/mol. The number of hydrogen-bond donors (Lipinski definition) is 2. The lowest BCUT2D eigenvalue weighted by molar-refractivity contribution is -0.116. The van der Waals surface area contributed by atoms with Crippen LogP contribution in [0, 0.1) is 0 Å². The number of hydrogen-bond acceptors (Lipinski definition) is 4. The molecule has 0 amide bonds. The average molecular weight is 284 g/mol. The zero-order valence-corrected chi connectivity index (χ0v) is 12.4. The highest BCUT2D eigenvalue weighted by Crippen LogP contribution is 2.16. The number of thiocarbonyl (C=S) groups is 1. The standard InChI is InChI=1S/C13H20N2O3S/c1-9(12(17-3)18-4)14-13(19)15-10-6-5-7-11(8-10)16-2/h5-9,12H,1-4H3,(H2,14,15,19). The molecule has 0 aliphatic heterocycles. The van der Waals surface area contributed by atoms with Crippen LogP contribution in [0.1, 0.15) is 6.92 Å². The molecule has 0 heterocycles. The van der Waals surface area contributed by atoms with Crippen LogP contribution in [0.3, 0.4) is 0 Å². The largest absolute Gasteiger partial charge is 0.497 e. The fourth-order valence-corrected chi connectivity index (χ4v) is 1.95. The number of methoxy groups -OCH3 is 3. The second-order valence-electron chi connectivity index (χ2n) is 3.96. The summed E-state index contributed by atoms with van der Waals surface area (Å²) in [5.41, 5.74) is 0.857. The smallest absolute Gasteiger partial charge is 0.176 e. The van der Waals surface area contributed by atoms with Crippen molar-refractivity contribution in [3.8, 4) is 5.75 Å². The second-order valence-corrected chi connectivity index (χ2v) is 4.37. The first kappa shape index (κ1) is 15.7. The predicted octanol–water partition coefficient (Wildman–Crippen LogP) is 1.99. The van der Waals surface area contributed by atoms with Gasteiger partial charge in [0.1, 0.15) is 5.75 Å². The maximum Gasteiger partial charge on any atom is 0.176 e. The van der Waals surface area contributed by atoms with Gasteiger partial charge in [-0.15, -0.1) is 0 Å². The summed E-state index contributed by atoms with van der Waals surface area (Å²) in [5, 5.41) is 6.68. The Kier molecular flexibility index (Phi) is 6.55. The van der Waals surface area contributed by atoms with E-state index in [0.717, 1.165) is 11.4 Å². The minimum absolute atomic E-state index is 0.0689. The average Bonchev–Trinajstić information content (AvgIpc) is 2.40. The van der Waals surface area contributed by atoms with E-state index < -0.39 is 0 Å². The SMILES string of the molecule is COc1cccc(NC(=S)NC(C)C(OC)OC)c1. The molecule has 0 fully saturated rings. The van der Waals surface area contributed by atoms with Gasteiger partial charge in [-0.1, -0.05) is 6.07 Å². The lowest BCUT2D eigenvalue weighted by Gasteiger charge is -2.23. The Morgan fingerprint density at radius 2 is 1.89 bits per heavy atom. The van der Waals surface area contributed by atoms with Crippen molar-refractivity contribution in [2.45, 2.75) is 19.3 Å². The second kappa shape index (κ2) is 7.93. The van der Waals surface area contributed by atoms with Gasteiger partial charge in [0, 0.05) is 26.0 Å². The maximum atomic E-state index is 5.23. The lowest BCUT2D eigenvalue weighted by Crippen LogP contribution is -2.44. The molecular formula is C13H20N2O3S. The van der Waals surface area contributed by atoms with Gasteiger partial charge >= 0.3 is 0 Å². The molecule has 0 bridgehead atoms. The first-order valence-corrected chi connectivity index (χ1v) is 6.28. The fraction of sp³-hybridized carbons (Fsp3) is 0.462. The summed E-state index contributed by atoms with van der Waals surface area (Å²) in [4.78, 5) is 0. The van der Waals surface area contributed by atoms with Crippen LogP contribution in [-0.2, 0) is 9.47 Å². The molecule has 6 heteroatoms. The van der Waals surface area contributed by atoms with Crippen LogP contribution >= 0.6 is 12.2 Å². The zero-order valence-electron chi connectivity index (χ0n) is 11.6. The van der Waals surface area contributed by atoms with Gasteiger partial charge in [0.2, 0.25) is 0 Å². The number of benzene rings is 1. The third-order valence-corrected chi connectivity index (χ3v) is 2.78. The van der Waals surface area contributed by atoms with E-state index in [2.05, 4.69) is 10.6 Å². The van der Waals surface area contributed by atoms with Crippen LogP contribution in [0.25, 0.3) is 0 Å². The number of anilines is 1. The fourth-order valence-electron chi connectivity index (χ4n) is 1.65. The molecule has 1 aromatic carbocycles. The molecule has 1 aromatic rings. The third-order valence-electron chi connectivity index (χ3n) is 2.56. The molecule has 0 saturated carbocycles. The van der Waals surface area contributed by atoms with E-state index in [4.69, 9.17) is 26.4 Å². The number of ether oxygens (including phenoxy) is 3. The van der Waals surface area contributed by atoms with E-state index in [1.807, 2.05) is 31.2 Å². The van der Waals surface area contributed by atoms with Crippen molar-refractivity contribution in [1.29, 1.82) is 0 Å². The Bertz CT molecular complexity index is 411. The Hall–Kier alpha value is -1.37. The van der Waals surface area contributed by atoms with E-state index in [0.29, 0.717) is 5.11 Å². The number of nitrogens with one attached hydrogen (secondary N) is 2. The van der Waals surface area contributed by atoms with Crippen molar-refractivity contribution >= 4 is 23.0 Å². The third kappa shape index (κ3) is 5.02. The number of rotatable bonds is 6. The lowest BCUT2D eigenvalue weighted by atomic mass is 10.3. The molecule has 0 aromatic heterocycles. The molecule has 1 rings (SSSR count). The summed E-state index contributed by atoms with van der Waals surface area (Å²) in [6.07, 6.45) is -0.356. The van der Waals surface area contributed by atoms with Gasteiger partial charge < -0.3 is 24.8 Å². The van der Waals surface area contributed by atoms with Crippen molar-refractivity contribution in [3.63, 3.8) is 0 Å². The molecule has 0 aliphatic carbocycles. The van der Waals surface area contributed by atoms with E-state index in [1.54, 1.807) is 21.3 Å². The molecule has 1 unspecified atom stereocenters. The Morgan fingerprint density at radius 3 is 2.47 bits per heavy atom. The van der Waals surface area contributed by atoms with Crippen molar-refractivity contribution in [2.75, 3.05) is 26.6 Å². The van der Waals surface area contributed by atoms with Gasteiger partial charge in [-0.05, 0) is 31.3 Å². The Balaban J connectivity index is 2.54. The minimum Gasteiger partial charge on any atom is -0.497 e. The summed E-state index contributed by atoms with van der Waals surface area (Å²) in [7, 11) is 4.80. The molecule has 19 heavy (non-hydrogen) atoms. The highest BCUT2D eigenvalue weighted by Gasteiger charge is 2.16. The van der Waals surface area contributed by atoms with E-state index in [9.17, 15) is 0 Å². The van der Waals surface area contributed by atoms with Crippen LogP contribution in [0.4, 0.5) is 5.69 Å². The normalized spacial score (nSPS) is 12.1. The molecule has 2 N–H and O–H groups in total. The molecule has 0 radical (unpaired) electrons. The van der Waals surface area contributed by atoms with Crippen LogP contribution < -0.4 is 15.4 Å². The molecule has 0 saturated heterocycles. The summed E-state index contributed by atoms with van der Waals surface area (Å²) in [6.45, 7) is 1.93. The highest BCUT2D eigenvalue weighted by molar-refractivity contribution is 7.80. The molecule has 5 nitrogen and oxygen atoms in total. The predicted molar refractivity (Wildman–Crippen MR) is 79.6 cm³/mol. The molecule has 106 valence electrons. The molecule has 0 spiro atoms. The van der Waals surface area contributed by atoms with Gasteiger partial charge in [0.05, 0.1) is 13.2 Å². The van der Waals surface area contributed by atoms with Gasteiger partial charge in [-0.25, -0.2) is 0 Å². The summed E-state index contributed by atoms with van der Waals surface area (Å²) < 4.78 is 15.5. The summed E-state index contributed by atoms with van der Waals surface area (Å²) in [5.74, 6) is 0.771. The van der Waals surface area contributed by atoms with E-state index >= 15 is 0 Å². The van der Waals surface area contributed by atoms with Gasteiger partial charge in [-0.3, -0.25) is 0 Å². The highest BCUT2D eigenvalue weighted by atomic mass is 32.1. The van der Waals surface area contributed by atoms with Crippen molar-refractivity contribution in [1.82, 2.24) is 5.32 Å². The maximum absolute atomic E-state index is 5.23. The first-order chi connectivity index (χ1) is 9.10. The molecular weight excluding hydrogens is 264 g/mol. The van der Waals surface area contributed by atoms with E-state index in [1.165, 1.54) is 0 Å². The summed E-state index contributed by atoms with van der Waals surface area (Å²) in [6, 6.07) is 7.46. The van der Waals surface area contributed by atoms with Crippen molar-refractivity contribution in [2.24, 2.45) is 0 Å². The van der Waals surface area contributed by atoms with Crippen LogP contribution in [0.5, 0.6) is 5.75 Å². The molecule has 1 atom stereocenters. The van der Waals surface area contributed by atoms with Gasteiger partial charge in [0.15, 0.2) is 11.4 Å².